The van der Waals surface area contributed by atoms with Gasteiger partial charge in [0.15, 0.2) is 0 Å². The highest BCUT2D eigenvalue weighted by atomic mass is 79.9. The average molecular weight is 308 g/mol. The molecule has 0 fully saturated rings. The number of hydrogen-bond donors (Lipinski definition) is 0. The van der Waals surface area contributed by atoms with Crippen LogP contribution in [0.5, 0.6) is 0 Å². The van der Waals surface area contributed by atoms with Crippen LogP contribution in [0.4, 0.5) is 4.39 Å². The lowest BCUT2D eigenvalue weighted by molar-refractivity contribution is 0.340. The van der Waals surface area contributed by atoms with Gasteiger partial charge in [0.05, 0.1) is 0 Å². The molecule has 0 spiro atoms. The average Bonchev–Trinajstić information content (AvgIpc) is 2.24. The van der Waals surface area contributed by atoms with E-state index in [0.29, 0.717) is 5.02 Å². The molecule has 1 aromatic carbocycles. The molecule has 0 heterocycles. The lowest BCUT2D eigenvalue weighted by atomic mass is 9.82. The molecule has 0 saturated heterocycles. The van der Waals surface area contributed by atoms with Gasteiger partial charge in [0.2, 0.25) is 0 Å². The van der Waals surface area contributed by atoms with E-state index in [2.05, 4.69) is 29.8 Å². The highest BCUT2D eigenvalue weighted by Gasteiger charge is 2.23. The zero-order chi connectivity index (χ0) is 12.2. The van der Waals surface area contributed by atoms with Crippen molar-refractivity contribution < 1.29 is 4.39 Å². The molecule has 0 amide bonds. The Morgan fingerprint density at radius 2 is 2.12 bits per heavy atom. The van der Waals surface area contributed by atoms with Gasteiger partial charge >= 0.3 is 0 Å². The molecule has 3 heteroatoms. The Kier molecular flexibility index (Phi) is 5.26. The second-order valence-electron chi connectivity index (χ2n) is 4.61. The molecular formula is C13H17BrClF. The van der Waals surface area contributed by atoms with Crippen molar-refractivity contribution in [3.63, 3.8) is 0 Å². The molecule has 0 aliphatic heterocycles. The molecule has 1 atom stereocenters. The fraction of sp³-hybridized carbons (Fsp3) is 0.538. The number of rotatable bonds is 5. The van der Waals surface area contributed by atoms with Gasteiger partial charge in [-0.05, 0) is 42.0 Å². The van der Waals surface area contributed by atoms with Gasteiger partial charge in [0.1, 0.15) is 5.82 Å². The third kappa shape index (κ3) is 3.74. The van der Waals surface area contributed by atoms with E-state index >= 15 is 0 Å². The van der Waals surface area contributed by atoms with Crippen molar-refractivity contribution in [2.45, 2.75) is 33.1 Å². The van der Waals surface area contributed by atoms with Crippen LogP contribution in [0.1, 0.15) is 32.3 Å². The summed E-state index contributed by atoms with van der Waals surface area (Å²) >= 11 is 9.61. The predicted octanol–water partition coefficient (Wildman–Crippen LogP) is 5.22. The number of halogens is 3. The Balaban J connectivity index is 2.89. The second kappa shape index (κ2) is 6.02. The Morgan fingerprint density at radius 1 is 1.44 bits per heavy atom. The van der Waals surface area contributed by atoms with Crippen molar-refractivity contribution in [2.75, 3.05) is 5.33 Å². The van der Waals surface area contributed by atoms with Crippen LogP contribution < -0.4 is 0 Å². The van der Waals surface area contributed by atoms with Gasteiger partial charge in [0.25, 0.3) is 0 Å². The molecule has 0 aliphatic rings. The van der Waals surface area contributed by atoms with Crippen molar-refractivity contribution in [1.82, 2.24) is 0 Å². The zero-order valence-electron chi connectivity index (χ0n) is 9.69. The Hall–Kier alpha value is -0.0800. The summed E-state index contributed by atoms with van der Waals surface area (Å²) in [4.78, 5) is 0. The molecule has 90 valence electrons. The largest absolute Gasteiger partial charge is 0.207 e. The summed E-state index contributed by atoms with van der Waals surface area (Å²) < 4.78 is 13.1. The van der Waals surface area contributed by atoms with Gasteiger partial charge in [-0.3, -0.25) is 0 Å². The van der Waals surface area contributed by atoms with E-state index in [1.54, 1.807) is 12.1 Å². The molecule has 1 unspecified atom stereocenters. The van der Waals surface area contributed by atoms with Crippen molar-refractivity contribution >= 4 is 27.5 Å². The maximum atomic E-state index is 13.1. The lowest BCUT2D eigenvalue weighted by Gasteiger charge is -2.27. The fourth-order valence-corrected chi connectivity index (χ4v) is 2.61. The van der Waals surface area contributed by atoms with E-state index in [-0.39, 0.29) is 11.2 Å². The summed E-state index contributed by atoms with van der Waals surface area (Å²) in [6, 6.07) is 4.57. The molecular weight excluding hydrogens is 290 g/mol. The van der Waals surface area contributed by atoms with E-state index in [4.69, 9.17) is 11.6 Å². The van der Waals surface area contributed by atoms with Crippen LogP contribution in [-0.2, 0) is 6.42 Å². The highest BCUT2D eigenvalue weighted by Crippen LogP contribution is 2.33. The van der Waals surface area contributed by atoms with E-state index in [0.717, 1.165) is 30.2 Å². The zero-order valence-corrected chi connectivity index (χ0v) is 12.0. The third-order valence-electron chi connectivity index (χ3n) is 2.80. The summed E-state index contributed by atoms with van der Waals surface area (Å²) in [5.41, 5.74) is 1.05. The summed E-state index contributed by atoms with van der Waals surface area (Å²) in [7, 11) is 0. The molecule has 0 nitrogen and oxygen atoms in total. The summed E-state index contributed by atoms with van der Waals surface area (Å²) in [6.07, 6.45) is 3.03. The second-order valence-corrected chi connectivity index (χ2v) is 5.57. The molecule has 0 saturated carbocycles. The molecule has 0 aliphatic carbocycles. The van der Waals surface area contributed by atoms with Crippen molar-refractivity contribution in [1.29, 1.82) is 0 Å². The fourth-order valence-electron chi connectivity index (χ4n) is 1.94. The van der Waals surface area contributed by atoms with E-state index in [1.165, 1.54) is 6.07 Å². The quantitative estimate of drug-likeness (QED) is 0.654. The van der Waals surface area contributed by atoms with Crippen LogP contribution in [0.3, 0.4) is 0 Å². The maximum Gasteiger partial charge on any atom is 0.123 e. The van der Waals surface area contributed by atoms with E-state index in [9.17, 15) is 4.39 Å². The molecule has 16 heavy (non-hydrogen) atoms. The van der Waals surface area contributed by atoms with Crippen LogP contribution in [0.2, 0.25) is 5.02 Å². The number of alkyl halides is 1. The van der Waals surface area contributed by atoms with Crippen molar-refractivity contribution in [3.05, 3.63) is 34.6 Å². The summed E-state index contributed by atoms with van der Waals surface area (Å²) in [5, 5.41) is 1.56. The highest BCUT2D eigenvalue weighted by molar-refractivity contribution is 9.09. The third-order valence-corrected chi connectivity index (χ3v) is 4.52. The first-order valence-electron chi connectivity index (χ1n) is 5.50. The maximum absolute atomic E-state index is 13.1. The van der Waals surface area contributed by atoms with Crippen molar-refractivity contribution in [3.8, 4) is 0 Å². The van der Waals surface area contributed by atoms with E-state index in [1.807, 2.05) is 0 Å². The minimum absolute atomic E-state index is 0.145. The first-order chi connectivity index (χ1) is 7.50. The minimum atomic E-state index is -0.215. The molecule has 0 bridgehead atoms. The monoisotopic (exact) mass is 306 g/mol. The van der Waals surface area contributed by atoms with Crippen molar-refractivity contribution in [2.24, 2.45) is 5.41 Å². The van der Waals surface area contributed by atoms with Crippen LogP contribution in [0.25, 0.3) is 0 Å². The minimum Gasteiger partial charge on any atom is -0.207 e. The van der Waals surface area contributed by atoms with Gasteiger partial charge in [0, 0.05) is 10.4 Å². The Bertz CT molecular complexity index is 354. The number of hydrogen-bond acceptors (Lipinski definition) is 0. The van der Waals surface area contributed by atoms with Gasteiger partial charge in [-0.1, -0.05) is 47.8 Å². The molecule has 0 aromatic heterocycles. The van der Waals surface area contributed by atoms with Gasteiger partial charge in [-0.15, -0.1) is 0 Å². The van der Waals surface area contributed by atoms with Gasteiger partial charge in [-0.25, -0.2) is 4.39 Å². The number of benzene rings is 1. The van der Waals surface area contributed by atoms with Gasteiger partial charge in [-0.2, -0.15) is 0 Å². The van der Waals surface area contributed by atoms with Crippen LogP contribution in [0, 0.1) is 11.2 Å². The van der Waals surface area contributed by atoms with Crippen LogP contribution >= 0.6 is 27.5 Å². The molecule has 0 radical (unpaired) electrons. The topological polar surface area (TPSA) is 0 Å². The SMILES string of the molecule is CCCC(C)(CBr)Cc1cc(F)ccc1Cl. The Labute approximate surface area is 110 Å². The van der Waals surface area contributed by atoms with E-state index < -0.39 is 0 Å². The summed E-state index contributed by atoms with van der Waals surface area (Å²) in [5.74, 6) is -0.215. The molecule has 1 aromatic rings. The first-order valence-corrected chi connectivity index (χ1v) is 7.00. The van der Waals surface area contributed by atoms with Crippen LogP contribution in [-0.4, -0.2) is 5.33 Å². The molecule has 0 N–H and O–H groups in total. The van der Waals surface area contributed by atoms with Crippen LogP contribution in [0.15, 0.2) is 18.2 Å². The van der Waals surface area contributed by atoms with Gasteiger partial charge < -0.3 is 0 Å². The summed E-state index contributed by atoms with van der Waals surface area (Å²) in [6.45, 7) is 4.36. The molecule has 1 rings (SSSR count). The first kappa shape index (κ1) is 14.0. The smallest absolute Gasteiger partial charge is 0.123 e. The standard InChI is InChI=1S/C13H17BrClF/c1-3-6-13(2,9-14)8-10-7-11(16)4-5-12(10)15/h4-5,7H,3,6,8-9H2,1-2H3. The predicted molar refractivity (Wildman–Crippen MR) is 71.9 cm³/mol. The Morgan fingerprint density at radius 3 is 2.69 bits per heavy atom. The lowest BCUT2D eigenvalue weighted by Crippen LogP contribution is -2.21. The normalized spacial score (nSPS) is 14.8.